The van der Waals surface area contributed by atoms with Gasteiger partial charge in [-0.15, -0.1) is 0 Å². The van der Waals surface area contributed by atoms with E-state index in [9.17, 15) is 0 Å². The number of nitrogen functional groups attached to an aromatic ring is 1. The molecule has 0 atom stereocenters. The second-order valence-corrected chi connectivity index (χ2v) is 3.95. The monoisotopic (exact) mass is 243 g/mol. The number of benzene rings is 1. The summed E-state index contributed by atoms with van der Waals surface area (Å²) in [4.78, 5) is 11.9. The van der Waals surface area contributed by atoms with Crippen molar-refractivity contribution in [2.24, 2.45) is 0 Å². The molecule has 0 aliphatic heterocycles. The molecule has 1 aromatic heterocycles. The second-order valence-electron chi connectivity index (χ2n) is 3.95. The van der Waals surface area contributed by atoms with Crippen molar-refractivity contribution in [1.29, 1.82) is 0 Å². The van der Waals surface area contributed by atoms with Gasteiger partial charge in [0.05, 0.1) is 0 Å². The van der Waals surface area contributed by atoms with Gasteiger partial charge in [0.15, 0.2) is 0 Å². The lowest BCUT2D eigenvalue weighted by molar-refractivity contribution is 1.05. The summed E-state index contributed by atoms with van der Waals surface area (Å²) in [6.07, 6.45) is 3.32. The lowest BCUT2D eigenvalue weighted by Crippen LogP contribution is -2.05. The van der Waals surface area contributed by atoms with Gasteiger partial charge >= 0.3 is 0 Å². The third-order valence-electron chi connectivity index (χ3n) is 2.83. The van der Waals surface area contributed by atoms with Gasteiger partial charge in [0, 0.05) is 5.69 Å². The number of para-hydroxylation sites is 1. The van der Waals surface area contributed by atoms with Crippen molar-refractivity contribution in [3.8, 4) is 0 Å². The van der Waals surface area contributed by atoms with E-state index in [0.29, 0.717) is 5.95 Å². The highest BCUT2D eigenvalue weighted by Gasteiger charge is 2.07. The number of nitrogens with one attached hydrogen (secondary N) is 1. The van der Waals surface area contributed by atoms with Gasteiger partial charge in [-0.3, -0.25) is 0 Å². The molecule has 0 spiro atoms. The zero-order valence-electron chi connectivity index (χ0n) is 10.6. The highest BCUT2D eigenvalue weighted by atomic mass is 15.2. The summed E-state index contributed by atoms with van der Waals surface area (Å²) in [7, 11) is 0. The molecule has 0 fully saturated rings. The minimum Gasteiger partial charge on any atom is -0.368 e. The van der Waals surface area contributed by atoms with Crippen LogP contribution in [0.15, 0.2) is 24.5 Å². The Labute approximate surface area is 106 Å². The van der Waals surface area contributed by atoms with E-state index in [1.165, 1.54) is 17.5 Å². The standard InChI is InChI=1S/C13H17N5/c1-3-9-6-5-7-10(4-2)11(9)17-13-16-8-15-12(14)18-13/h5-8H,3-4H2,1-2H3,(H3,14,15,16,17,18). The first-order valence-electron chi connectivity index (χ1n) is 6.06. The van der Waals surface area contributed by atoms with Crippen LogP contribution in [-0.2, 0) is 12.8 Å². The molecular formula is C13H17N5. The number of aryl methyl sites for hydroxylation is 2. The maximum atomic E-state index is 5.55. The maximum absolute atomic E-state index is 5.55. The first-order chi connectivity index (χ1) is 8.74. The molecule has 0 radical (unpaired) electrons. The lowest BCUT2D eigenvalue weighted by Gasteiger charge is -2.14. The number of nitrogens with two attached hydrogens (primary N) is 1. The van der Waals surface area contributed by atoms with Crippen LogP contribution in [0.4, 0.5) is 17.6 Å². The SMILES string of the molecule is CCc1cccc(CC)c1Nc1ncnc(N)n1. The average molecular weight is 243 g/mol. The predicted molar refractivity (Wildman–Crippen MR) is 72.7 cm³/mol. The molecule has 0 aliphatic carbocycles. The molecule has 0 saturated carbocycles. The van der Waals surface area contributed by atoms with Crippen molar-refractivity contribution in [3.63, 3.8) is 0 Å². The molecule has 0 aliphatic rings. The van der Waals surface area contributed by atoms with Gasteiger partial charge in [0.25, 0.3) is 0 Å². The third-order valence-corrected chi connectivity index (χ3v) is 2.83. The Morgan fingerprint density at radius 1 is 1.11 bits per heavy atom. The number of aromatic nitrogens is 3. The molecule has 0 amide bonds. The molecule has 0 saturated heterocycles. The van der Waals surface area contributed by atoms with E-state index in [2.05, 4.69) is 52.3 Å². The average Bonchev–Trinajstić information content (AvgIpc) is 2.39. The highest BCUT2D eigenvalue weighted by molar-refractivity contribution is 5.63. The molecule has 5 nitrogen and oxygen atoms in total. The fourth-order valence-corrected chi connectivity index (χ4v) is 1.88. The Morgan fingerprint density at radius 2 is 1.78 bits per heavy atom. The van der Waals surface area contributed by atoms with Crippen LogP contribution in [-0.4, -0.2) is 15.0 Å². The summed E-state index contributed by atoms with van der Waals surface area (Å²) in [5, 5.41) is 3.24. The van der Waals surface area contributed by atoms with Gasteiger partial charge < -0.3 is 11.1 Å². The van der Waals surface area contributed by atoms with Crippen LogP contribution in [0.25, 0.3) is 0 Å². The molecule has 2 rings (SSSR count). The largest absolute Gasteiger partial charge is 0.368 e. The van der Waals surface area contributed by atoms with E-state index < -0.39 is 0 Å². The van der Waals surface area contributed by atoms with Crippen molar-refractivity contribution in [2.45, 2.75) is 26.7 Å². The Hall–Kier alpha value is -2.17. The van der Waals surface area contributed by atoms with Crippen molar-refractivity contribution in [2.75, 3.05) is 11.1 Å². The van der Waals surface area contributed by atoms with Crippen LogP contribution in [0.2, 0.25) is 0 Å². The van der Waals surface area contributed by atoms with E-state index >= 15 is 0 Å². The Morgan fingerprint density at radius 3 is 2.33 bits per heavy atom. The van der Waals surface area contributed by atoms with E-state index in [1.54, 1.807) is 0 Å². The molecule has 3 N–H and O–H groups in total. The Bertz CT molecular complexity index is 516. The van der Waals surface area contributed by atoms with Gasteiger partial charge in [-0.1, -0.05) is 32.0 Å². The summed E-state index contributed by atoms with van der Waals surface area (Å²) in [6, 6.07) is 6.28. The fraction of sp³-hybridized carbons (Fsp3) is 0.308. The van der Waals surface area contributed by atoms with Crippen molar-refractivity contribution >= 4 is 17.6 Å². The molecule has 1 heterocycles. The smallest absolute Gasteiger partial charge is 0.232 e. The number of anilines is 3. The normalized spacial score (nSPS) is 10.3. The topological polar surface area (TPSA) is 76.7 Å². The van der Waals surface area contributed by atoms with Crippen LogP contribution < -0.4 is 11.1 Å². The molecule has 1 aromatic carbocycles. The van der Waals surface area contributed by atoms with E-state index in [4.69, 9.17) is 5.73 Å². The summed E-state index contributed by atoms with van der Waals surface area (Å²) in [6.45, 7) is 4.25. The quantitative estimate of drug-likeness (QED) is 0.861. The van der Waals surface area contributed by atoms with Crippen molar-refractivity contribution in [3.05, 3.63) is 35.7 Å². The fourth-order valence-electron chi connectivity index (χ4n) is 1.88. The van der Waals surface area contributed by atoms with Crippen LogP contribution in [0.5, 0.6) is 0 Å². The molecule has 0 bridgehead atoms. The van der Waals surface area contributed by atoms with Crippen molar-refractivity contribution < 1.29 is 0 Å². The van der Waals surface area contributed by atoms with Gasteiger partial charge in [0.1, 0.15) is 6.33 Å². The summed E-state index contributed by atoms with van der Waals surface area (Å²) >= 11 is 0. The molecule has 5 heteroatoms. The zero-order valence-corrected chi connectivity index (χ0v) is 10.6. The zero-order chi connectivity index (χ0) is 13.0. The van der Waals surface area contributed by atoms with Crippen LogP contribution in [0.3, 0.4) is 0 Å². The molecule has 18 heavy (non-hydrogen) atoms. The number of rotatable bonds is 4. The van der Waals surface area contributed by atoms with E-state index in [-0.39, 0.29) is 5.95 Å². The summed E-state index contributed by atoms with van der Waals surface area (Å²) in [5.41, 5.74) is 9.12. The van der Waals surface area contributed by atoms with Crippen molar-refractivity contribution in [1.82, 2.24) is 15.0 Å². The minimum atomic E-state index is 0.222. The molecule has 94 valence electrons. The van der Waals surface area contributed by atoms with Gasteiger partial charge in [0.2, 0.25) is 11.9 Å². The molecular weight excluding hydrogens is 226 g/mol. The first-order valence-corrected chi connectivity index (χ1v) is 6.06. The van der Waals surface area contributed by atoms with Gasteiger partial charge in [-0.05, 0) is 24.0 Å². The first kappa shape index (κ1) is 12.3. The van der Waals surface area contributed by atoms with Crippen LogP contribution in [0.1, 0.15) is 25.0 Å². The number of hydrogen-bond acceptors (Lipinski definition) is 5. The molecule has 0 unspecified atom stereocenters. The van der Waals surface area contributed by atoms with Crippen LogP contribution in [0, 0.1) is 0 Å². The summed E-state index contributed by atoms with van der Waals surface area (Å²) in [5.74, 6) is 0.706. The van der Waals surface area contributed by atoms with Gasteiger partial charge in [-0.25, -0.2) is 9.97 Å². The molecule has 2 aromatic rings. The Balaban J connectivity index is 2.38. The van der Waals surface area contributed by atoms with Crippen LogP contribution >= 0.6 is 0 Å². The number of hydrogen-bond donors (Lipinski definition) is 2. The third kappa shape index (κ3) is 2.56. The lowest BCUT2D eigenvalue weighted by atomic mass is 10.0. The van der Waals surface area contributed by atoms with Gasteiger partial charge in [-0.2, -0.15) is 4.98 Å². The number of nitrogens with zero attached hydrogens (tertiary/aromatic N) is 3. The van der Waals surface area contributed by atoms with E-state index in [1.807, 2.05) is 0 Å². The highest BCUT2D eigenvalue weighted by Crippen LogP contribution is 2.24. The minimum absolute atomic E-state index is 0.222. The Kier molecular flexibility index (Phi) is 3.72. The predicted octanol–water partition coefficient (Wildman–Crippen LogP) is 2.32. The maximum Gasteiger partial charge on any atom is 0.232 e. The second kappa shape index (κ2) is 5.44. The summed E-state index contributed by atoms with van der Waals surface area (Å²) < 4.78 is 0. The van der Waals surface area contributed by atoms with E-state index in [0.717, 1.165) is 18.5 Å².